The molecule has 0 radical (unpaired) electrons. The van der Waals surface area contributed by atoms with Gasteiger partial charge in [0.1, 0.15) is 28.6 Å². The fraction of sp³-hybridized carbons (Fsp3) is 0.318. The van der Waals surface area contributed by atoms with E-state index in [1.54, 1.807) is 6.07 Å². The molecule has 4 nitrogen and oxygen atoms in total. The van der Waals surface area contributed by atoms with Gasteiger partial charge < -0.3 is 14.5 Å². The predicted octanol–water partition coefficient (Wildman–Crippen LogP) is 4.23. The van der Waals surface area contributed by atoms with Crippen LogP contribution in [0.2, 0.25) is 0 Å². The minimum atomic E-state index is -0.0693. The van der Waals surface area contributed by atoms with Gasteiger partial charge in [0.15, 0.2) is 5.43 Å². The lowest BCUT2D eigenvalue weighted by Crippen LogP contribution is -2.29. The Kier molecular flexibility index (Phi) is 4.76. The molecular weight excluding hydrogens is 326 g/mol. The van der Waals surface area contributed by atoms with Crippen LogP contribution in [0.5, 0.6) is 5.75 Å². The van der Waals surface area contributed by atoms with Gasteiger partial charge in [-0.05, 0) is 31.5 Å². The maximum Gasteiger partial charge on any atom is 0.197 e. The molecule has 1 saturated heterocycles. The van der Waals surface area contributed by atoms with Crippen LogP contribution in [0.4, 0.5) is 0 Å². The summed E-state index contributed by atoms with van der Waals surface area (Å²) >= 11 is 0. The minimum absolute atomic E-state index is 0.0693. The third kappa shape index (κ3) is 3.37. The molecule has 1 aliphatic rings. The summed E-state index contributed by atoms with van der Waals surface area (Å²) in [5.74, 6) is 1.59. The highest BCUT2D eigenvalue weighted by atomic mass is 16.5. The molecule has 4 heteroatoms. The van der Waals surface area contributed by atoms with E-state index in [2.05, 4.69) is 12.2 Å². The molecule has 0 aliphatic carbocycles. The van der Waals surface area contributed by atoms with Gasteiger partial charge in [0.2, 0.25) is 0 Å². The Morgan fingerprint density at radius 3 is 2.81 bits per heavy atom. The van der Waals surface area contributed by atoms with E-state index in [9.17, 15) is 4.79 Å². The number of nitrogens with one attached hydrogen (secondary N) is 1. The van der Waals surface area contributed by atoms with Gasteiger partial charge in [-0.25, -0.2) is 0 Å². The van der Waals surface area contributed by atoms with Gasteiger partial charge in [-0.1, -0.05) is 43.3 Å². The first kappa shape index (κ1) is 16.9. The van der Waals surface area contributed by atoms with Gasteiger partial charge >= 0.3 is 0 Å². The average Bonchev–Trinajstić information content (AvgIpc) is 2.87. The number of benzene rings is 2. The molecule has 1 fully saturated rings. The molecule has 3 aromatic rings. The average molecular weight is 349 g/mol. The van der Waals surface area contributed by atoms with Gasteiger partial charge in [0.05, 0.1) is 0 Å². The van der Waals surface area contributed by atoms with Crippen LogP contribution in [0.15, 0.2) is 63.8 Å². The van der Waals surface area contributed by atoms with Crippen molar-refractivity contribution in [2.45, 2.75) is 25.9 Å². The zero-order chi connectivity index (χ0) is 17.9. The standard InChI is InChI=1S/C22H23NO3/c1-15-14-23-12-6-11-18(15)25-19-9-5-10-20-22(19)17(24)13-21(26-20)16-7-3-2-4-8-16/h2-5,7-10,13,15,18,23H,6,11-12,14H2,1H3. The molecule has 2 atom stereocenters. The van der Waals surface area contributed by atoms with Gasteiger partial charge in [-0.3, -0.25) is 4.79 Å². The second-order valence-electron chi connectivity index (χ2n) is 6.95. The number of hydrogen-bond donors (Lipinski definition) is 1. The van der Waals surface area contributed by atoms with Gasteiger partial charge in [-0.2, -0.15) is 0 Å². The topological polar surface area (TPSA) is 51.5 Å². The Morgan fingerprint density at radius 2 is 1.96 bits per heavy atom. The second kappa shape index (κ2) is 7.34. The minimum Gasteiger partial charge on any atom is -0.489 e. The highest BCUT2D eigenvalue weighted by Gasteiger charge is 2.23. The van der Waals surface area contributed by atoms with Crippen LogP contribution in [0.25, 0.3) is 22.3 Å². The molecule has 2 heterocycles. The number of hydrogen-bond acceptors (Lipinski definition) is 4. The summed E-state index contributed by atoms with van der Waals surface area (Å²) in [6.07, 6.45) is 2.16. The monoisotopic (exact) mass is 349 g/mol. The zero-order valence-electron chi connectivity index (χ0n) is 14.9. The fourth-order valence-corrected chi connectivity index (χ4v) is 3.53. The molecule has 0 bridgehead atoms. The highest BCUT2D eigenvalue weighted by Crippen LogP contribution is 2.29. The third-order valence-corrected chi connectivity index (χ3v) is 5.00. The summed E-state index contributed by atoms with van der Waals surface area (Å²) in [6.45, 7) is 4.13. The lowest BCUT2D eigenvalue weighted by Gasteiger charge is -2.23. The lowest BCUT2D eigenvalue weighted by molar-refractivity contribution is 0.143. The van der Waals surface area contributed by atoms with Crippen LogP contribution >= 0.6 is 0 Å². The molecule has 1 aromatic heterocycles. The quantitative estimate of drug-likeness (QED) is 0.769. The molecule has 0 amide bonds. The van der Waals surface area contributed by atoms with Crippen molar-refractivity contribution in [1.82, 2.24) is 5.32 Å². The molecule has 134 valence electrons. The van der Waals surface area contributed by atoms with Crippen molar-refractivity contribution in [2.24, 2.45) is 5.92 Å². The number of ether oxygens (including phenoxy) is 1. The summed E-state index contributed by atoms with van der Waals surface area (Å²) in [4.78, 5) is 12.8. The Morgan fingerprint density at radius 1 is 1.12 bits per heavy atom. The summed E-state index contributed by atoms with van der Waals surface area (Å²) in [5, 5.41) is 3.95. The Hall–Kier alpha value is -2.59. The van der Waals surface area contributed by atoms with Crippen LogP contribution in [-0.4, -0.2) is 19.2 Å². The van der Waals surface area contributed by atoms with E-state index >= 15 is 0 Å². The van der Waals surface area contributed by atoms with E-state index in [4.69, 9.17) is 9.15 Å². The van der Waals surface area contributed by atoms with Gasteiger partial charge in [-0.15, -0.1) is 0 Å². The largest absolute Gasteiger partial charge is 0.489 e. The first-order chi connectivity index (χ1) is 12.7. The van der Waals surface area contributed by atoms with Crippen LogP contribution < -0.4 is 15.5 Å². The molecule has 26 heavy (non-hydrogen) atoms. The Labute approximate surface area is 152 Å². The van der Waals surface area contributed by atoms with Crippen molar-refractivity contribution in [1.29, 1.82) is 0 Å². The normalized spacial score (nSPS) is 20.7. The molecule has 4 rings (SSSR count). The SMILES string of the molecule is CC1CNCCCC1Oc1cccc2oc(-c3ccccc3)cc(=O)c12. The van der Waals surface area contributed by atoms with Crippen molar-refractivity contribution in [3.63, 3.8) is 0 Å². The molecule has 0 saturated carbocycles. The van der Waals surface area contributed by atoms with Crippen LogP contribution in [0.3, 0.4) is 0 Å². The summed E-state index contributed by atoms with van der Waals surface area (Å²) in [5.41, 5.74) is 1.38. The van der Waals surface area contributed by atoms with Gasteiger partial charge in [0.25, 0.3) is 0 Å². The van der Waals surface area contributed by atoms with Crippen LogP contribution in [0, 0.1) is 5.92 Å². The molecule has 0 spiro atoms. The maximum atomic E-state index is 12.8. The zero-order valence-corrected chi connectivity index (χ0v) is 14.9. The van der Waals surface area contributed by atoms with E-state index in [1.165, 1.54) is 0 Å². The molecular formula is C22H23NO3. The van der Waals surface area contributed by atoms with E-state index < -0.39 is 0 Å². The van der Waals surface area contributed by atoms with Crippen molar-refractivity contribution < 1.29 is 9.15 Å². The van der Waals surface area contributed by atoms with Crippen molar-refractivity contribution in [2.75, 3.05) is 13.1 Å². The summed E-state index contributed by atoms with van der Waals surface area (Å²) in [7, 11) is 0. The van der Waals surface area contributed by atoms with Gasteiger partial charge in [0, 0.05) is 24.1 Å². The maximum absolute atomic E-state index is 12.8. The molecule has 1 N–H and O–H groups in total. The summed E-state index contributed by atoms with van der Waals surface area (Å²) in [6, 6.07) is 16.8. The highest BCUT2D eigenvalue weighted by molar-refractivity contribution is 5.84. The number of fused-ring (bicyclic) bond motifs is 1. The lowest BCUT2D eigenvalue weighted by atomic mass is 10.0. The van der Waals surface area contributed by atoms with Crippen molar-refractivity contribution >= 4 is 11.0 Å². The molecule has 2 aromatic carbocycles. The molecule has 2 unspecified atom stereocenters. The Balaban J connectivity index is 1.74. The van der Waals surface area contributed by atoms with Crippen LogP contribution in [-0.2, 0) is 0 Å². The third-order valence-electron chi connectivity index (χ3n) is 5.00. The Bertz CT molecular complexity index is 949. The van der Waals surface area contributed by atoms with Crippen molar-refractivity contribution in [3.05, 3.63) is 64.8 Å². The summed E-state index contributed by atoms with van der Waals surface area (Å²) < 4.78 is 12.3. The fourth-order valence-electron chi connectivity index (χ4n) is 3.53. The molecule has 1 aliphatic heterocycles. The van der Waals surface area contributed by atoms with E-state index in [0.717, 1.165) is 31.5 Å². The van der Waals surface area contributed by atoms with E-state index in [1.807, 2.05) is 48.5 Å². The first-order valence-corrected chi connectivity index (χ1v) is 9.22. The predicted molar refractivity (Wildman–Crippen MR) is 104 cm³/mol. The van der Waals surface area contributed by atoms with E-state index in [-0.39, 0.29) is 11.5 Å². The second-order valence-corrected chi connectivity index (χ2v) is 6.95. The number of rotatable bonds is 3. The van der Waals surface area contributed by atoms with Crippen LogP contribution in [0.1, 0.15) is 19.8 Å². The van der Waals surface area contributed by atoms with E-state index in [0.29, 0.717) is 28.4 Å². The smallest absolute Gasteiger partial charge is 0.197 e. The first-order valence-electron chi connectivity index (χ1n) is 9.22. The van der Waals surface area contributed by atoms with Crippen molar-refractivity contribution in [3.8, 4) is 17.1 Å².